The van der Waals surface area contributed by atoms with Crippen molar-refractivity contribution >= 4 is 17.2 Å². The first-order chi connectivity index (χ1) is 10.7. The molecule has 0 unspecified atom stereocenters. The summed E-state index contributed by atoms with van der Waals surface area (Å²) < 4.78 is 7.05. The lowest BCUT2D eigenvalue weighted by molar-refractivity contribution is -0.116. The van der Waals surface area contributed by atoms with Crippen molar-refractivity contribution in [2.24, 2.45) is 0 Å². The number of hydrogen-bond donors (Lipinski definition) is 1. The predicted molar refractivity (Wildman–Crippen MR) is 85.1 cm³/mol. The molecule has 0 bridgehead atoms. The molecule has 1 amide bonds. The third-order valence-corrected chi connectivity index (χ3v) is 3.45. The SMILES string of the molecule is COc1cccc(CCC(=O)Nc2ccc3nccn3c2)c1. The standard InChI is InChI=1S/C17H17N3O2/c1-22-15-4-2-3-13(11-15)5-8-17(21)19-14-6-7-16-18-9-10-20(16)12-14/h2-4,6-7,9-12H,5,8H2,1H3,(H,19,21). The van der Waals surface area contributed by atoms with Crippen molar-refractivity contribution in [2.75, 3.05) is 12.4 Å². The van der Waals surface area contributed by atoms with Gasteiger partial charge >= 0.3 is 0 Å². The number of carbonyl (C=O) groups is 1. The fourth-order valence-electron chi connectivity index (χ4n) is 2.30. The van der Waals surface area contributed by atoms with Gasteiger partial charge in [-0.2, -0.15) is 0 Å². The molecule has 1 N–H and O–H groups in total. The summed E-state index contributed by atoms with van der Waals surface area (Å²) in [5.41, 5.74) is 2.70. The van der Waals surface area contributed by atoms with Crippen LogP contribution in [0.4, 0.5) is 5.69 Å². The van der Waals surface area contributed by atoms with Gasteiger partial charge < -0.3 is 14.5 Å². The summed E-state index contributed by atoms with van der Waals surface area (Å²) in [6.07, 6.45) is 6.53. The number of anilines is 1. The van der Waals surface area contributed by atoms with Gasteiger partial charge in [0.05, 0.1) is 12.8 Å². The van der Waals surface area contributed by atoms with Crippen LogP contribution < -0.4 is 10.1 Å². The first-order valence-electron chi connectivity index (χ1n) is 7.10. The van der Waals surface area contributed by atoms with Crippen LogP contribution in [0.1, 0.15) is 12.0 Å². The van der Waals surface area contributed by atoms with E-state index in [9.17, 15) is 4.79 Å². The van der Waals surface area contributed by atoms with Gasteiger partial charge in [-0.1, -0.05) is 12.1 Å². The van der Waals surface area contributed by atoms with Crippen LogP contribution in [0.2, 0.25) is 0 Å². The van der Waals surface area contributed by atoms with Gasteiger partial charge in [0.1, 0.15) is 11.4 Å². The monoisotopic (exact) mass is 295 g/mol. The largest absolute Gasteiger partial charge is 0.497 e. The van der Waals surface area contributed by atoms with Crippen molar-refractivity contribution in [2.45, 2.75) is 12.8 Å². The molecular weight excluding hydrogens is 278 g/mol. The van der Waals surface area contributed by atoms with Gasteiger partial charge in [0.2, 0.25) is 5.91 Å². The lowest BCUT2D eigenvalue weighted by Gasteiger charge is -2.07. The van der Waals surface area contributed by atoms with Gasteiger partial charge in [-0.25, -0.2) is 4.98 Å². The predicted octanol–water partition coefficient (Wildman–Crippen LogP) is 2.91. The average Bonchev–Trinajstić information content (AvgIpc) is 3.01. The molecule has 0 saturated heterocycles. The maximum absolute atomic E-state index is 12.0. The van der Waals surface area contributed by atoms with Crippen LogP contribution in [0.5, 0.6) is 5.75 Å². The highest BCUT2D eigenvalue weighted by Gasteiger charge is 2.05. The lowest BCUT2D eigenvalue weighted by Crippen LogP contribution is -2.12. The number of hydrogen-bond acceptors (Lipinski definition) is 3. The molecule has 22 heavy (non-hydrogen) atoms. The molecule has 2 aromatic heterocycles. The second-order valence-corrected chi connectivity index (χ2v) is 5.01. The molecule has 3 rings (SSSR count). The topological polar surface area (TPSA) is 55.6 Å². The molecule has 0 saturated carbocycles. The molecule has 0 atom stereocenters. The number of imidazole rings is 1. The number of nitrogens with zero attached hydrogens (tertiary/aromatic N) is 2. The number of benzene rings is 1. The maximum atomic E-state index is 12.0. The molecule has 5 nitrogen and oxygen atoms in total. The number of methoxy groups -OCH3 is 1. The molecule has 1 aromatic carbocycles. The highest BCUT2D eigenvalue weighted by molar-refractivity contribution is 5.90. The van der Waals surface area contributed by atoms with Gasteiger partial charge in [-0.3, -0.25) is 4.79 Å². The maximum Gasteiger partial charge on any atom is 0.224 e. The van der Waals surface area contributed by atoms with Gasteiger partial charge in [-0.15, -0.1) is 0 Å². The van der Waals surface area contributed by atoms with Crippen LogP contribution in [0.15, 0.2) is 55.0 Å². The molecule has 0 aliphatic heterocycles. The molecular formula is C17H17N3O2. The Hall–Kier alpha value is -2.82. The Bertz CT molecular complexity index is 795. The minimum atomic E-state index is -0.0118. The summed E-state index contributed by atoms with van der Waals surface area (Å²) >= 11 is 0. The van der Waals surface area contributed by atoms with Crippen LogP contribution >= 0.6 is 0 Å². The number of nitrogens with one attached hydrogen (secondary N) is 1. The Morgan fingerprint density at radius 2 is 2.23 bits per heavy atom. The van der Waals surface area contributed by atoms with Crippen molar-refractivity contribution in [1.82, 2.24) is 9.38 Å². The van der Waals surface area contributed by atoms with E-state index in [0.717, 1.165) is 22.6 Å². The minimum Gasteiger partial charge on any atom is -0.497 e. The van der Waals surface area contributed by atoms with Gasteiger partial charge in [0.25, 0.3) is 0 Å². The Labute approximate surface area is 128 Å². The number of amides is 1. The first-order valence-corrected chi connectivity index (χ1v) is 7.10. The molecule has 112 valence electrons. The summed E-state index contributed by atoms with van der Waals surface area (Å²) in [6, 6.07) is 11.5. The number of fused-ring (bicyclic) bond motifs is 1. The van der Waals surface area contributed by atoms with Crippen LogP contribution in [0.3, 0.4) is 0 Å². The van der Waals surface area contributed by atoms with Crippen LogP contribution in [-0.2, 0) is 11.2 Å². The summed E-state index contributed by atoms with van der Waals surface area (Å²) in [6.45, 7) is 0. The molecule has 2 heterocycles. The molecule has 0 fully saturated rings. The minimum absolute atomic E-state index is 0.0118. The Morgan fingerprint density at radius 1 is 1.32 bits per heavy atom. The average molecular weight is 295 g/mol. The molecule has 0 aliphatic rings. The second-order valence-electron chi connectivity index (χ2n) is 5.01. The van der Waals surface area contributed by atoms with Crippen molar-refractivity contribution < 1.29 is 9.53 Å². The molecule has 0 radical (unpaired) electrons. The van der Waals surface area contributed by atoms with Crippen LogP contribution in [-0.4, -0.2) is 22.4 Å². The van der Waals surface area contributed by atoms with E-state index in [0.29, 0.717) is 12.8 Å². The smallest absolute Gasteiger partial charge is 0.224 e. The summed E-state index contributed by atoms with van der Waals surface area (Å²) in [4.78, 5) is 16.2. The second kappa shape index (κ2) is 6.30. The lowest BCUT2D eigenvalue weighted by atomic mass is 10.1. The van der Waals surface area contributed by atoms with E-state index >= 15 is 0 Å². The summed E-state index contributed by atoms with van der Waals surface area (Å²) in [5.74, 6) is 0.797. The third kappa shape index (κ3) is 3.25. The van der Waals surface area contributed by atoms with Crippen molar-refractivity contribution in [3.8, 4) is 5.75 Å². The molecule has 3 aromatic rings. The number of carbonyl (C=O) groups excluding carboxylic acids is 1. The number of aryl methyl sites for hydroxylation is 1. The van der Waals surface area contributed by atoms with E-state index in [2.05, 4.69) is 10.3 Å². The Morgan fingerprint density at radius 3 is 3.09 bits per heavy atom. The zero-order chi connectivity index (χ0) is 15.4. The fourth-order valence-corrected chi connectivity index (χ4v) is 2.30. The normalized spacial score (nSPS) is 10.6. The number of rotatable bonds is 5. The third-order valence-electron chi connectivity index (χ3n) is 3.45. The van der Waals surface area contributed by atoms with Gasteiger partial charge in [-0.05, 0) is 36.2 Å². The highest BCUT2D eigenvalue weighted by atomic mass is 16.5. The quantitative estimate of drug-likeness (QED) is 0.787. The van der Waals surface area contributed by atoms with Crippen molar-refractivity contribution in [3.05, 3.63) is 60.6 Å². The van der Waals surface area contributed by atoms with Crippen LogP contribution in [0, 0.1) is 0 Å². The number of aromatic nitrogens is 2. The first kappa shape index (κ1) is 14.1. The summed E-state index contributed by atoms with van der Waals surface area (Å²) in [5, 5.41) is 2.90. The van der Waals surface area contributed by atoms with E-state index in [1.807, 2.05) is 53.2 Å². The number of pyridine rings is 1. The van der Waals surface area contributed by atoms with Crippen molar-refractivity contribution in [3.63, 3.8) is 0 Å². The van der Waals surface area contributed by atoms with E-state index in [-0.39, 0.29) is 5.91 Å². The number of ether oxygens (including phenoxy) is 1. The van der Waals surface area contributed by atoms with E-state index in [1.54, 1.807) is 13.3 Å². The van der Waals surface area contributed by atoms with E-state index < -0.39 is 0 Å². The molecule has 5 heteroatoms. The van der Waals surface area contributed by atoms with E-state index in [1.165, 1.54) is 0 Å². The zero-order valence-corrected chi connectivity index (χ0v) is 12.3. The molecule has 0 spiro atoms. The fraction of sp³-hybridized carbons (Fsp3) is 0.176. The summed E-state index contributed by atoms with van der Waals surface area (Å²) in [7, 11) is 1.64. The van der Waals surface area contributed by atoms with Crippen LogP contribution in [0.25, 0.3) is 5.65 Å². The van der Waals surface area contributed by atoms with Crippen molar-refractivity contribution in [1.29, 1.82) is 0 Å². The van der Waals surface area contributed by atoms with Gasteiger partial charge in [0.15, 0.2) is 0 Å². The van der Waals surface area contributed by atoms with Gasteiger partial charge in [0, 0.05) is 25.0 Å². The Balaban J connectivity index is 1.59. The molecule has 0 aliphatic carbocycles. The van der Waals surface area contributed by atoms with E-state index in [4.69, 9.17) is 4.74 Å². The zero-order valence-electron chi connectivity index (χ0n) is 12.3. The highest BCUT2D eigenvalue weighted by Crippen LogP contribution is 2.15. The Kier molecular flexibility index (Phi) is 4.05.